The molecule has 0 bridgehead atoms. The maximum atomic E-state index is 8.60. The monoisotopic (exact) mass is 250 g/mol. The van der Waals surface area contributed by atoms with Crippen molar-refractivity contribution in [2.24, 2.45) is 0 Å². The van der Waals surface area contributed by atoms with Crippen LogP contribution in [0, 0.1) is 15.7 Å². The number of hydrogen-bond acceptors (Lipinski definition) is 6. The lowest BCUT2D eigenvalue weighted by Gasteiger charge is -2.27. The van der Waals surface area contributed by atoms with E-state index in [1.807, 2.05) is 0 Å². The molecule has 92 valence electrons. The number of rotatable bonds is 0. The van der Waals surface area contributed by atoms with Crippen LogP contribution in [0.15, 0.2) is 11.3 Å². The first kappa shape index (κ1) is 13.4. The molecule has 0 aromatic rings. The van der Waals surface area contributed by atoms with Crippen molar-refractivity contribution in [3.05, 3.63) is 11.3 Å². The zero-order chi connectivity index (χ0) is 12.3. The molecule has 0 radical (unpaired) electrons. The van der Waals surface area contributed by atoms with Gasteiger partial charge in [-0.05, 0) is 24.8 Å². The molecule has 0 unspecified atom stereocenters. The third kappa shape index (κ3) is 4.07. The molecule has 2 aliphatic rings. The number of halogens is 1. The smallest absolute Gasteiger partial charge is 0.0777 e. The molecular weight excluding hydrogens is 236 g/mol. The largest absolute Gasteiger partial charge is 0.377 e. The Morgan fingerprint density at radius 3 is 2.31 bits per heavy atom. The third-order valence-electron chi connectivity index (χ3n) is 2.71. The fourth-order valence-electron chi connectivity index (χ4n) is 2.04. The van der Waals surface area contributed by atoms with Crippen LogP contribution in [0.25, 0.3) is 0 Å². The van der Waals surface area contributed by atoms with Gasteiger partial charge in [0.25, 0.3) is 0 Å². The van der Waals surface area contributed by atoms with Crippen molar-refractivity contribution in [3.8, 4) is 0 Å². The van der Waals surface area contributed by atoms with Crippen molar-refractivity contribution in [2.75, 3.05) is 13.6 Å². The SMILES string of the molecule is CN1CCC(=N)C2=C1CCC2.[O-][Cl+3]([O-])([O-])O. The molecule has 0 aromatic heterocycles. The van der Waals surface area contributed by atoms with Crippen LogP contribution in [-0.4, -0.2) is 28.9 Å². The van der Waals surface area contributed by atoms with Crippen molar-refractivity contribution in [3.63, 3.8) is 0 Å². The fraction of sp³-hybridized carbons (Fsp3) is 0.667. The van der Waals surface area contributed by atoms with Crippen LogP contribution >= 0.6 is 0 Å². The van der Waals surface area contributed by atoms with Crippen molar-refractivity contribution in [2.45, 2.75) is 25.7 Å². The Bertz CT molecular complexity index is 305. The van der Waals surface area contributed by atoms with Gasteiger partial charge in [0, 0.05) is 31.4 Å². The van der Waals surface area contributed by atoms with Crippen molar-refractivity contribution in [1.82, 2.24) is 4.90 Å². The van der Waals surface area contributed by atoms with Crippen LogP contribution in [0.4, 0.5) is 0 Å². The van der Waals surface area contributed by atoms with E-state index in [9.17, 15) is 0 Å². The van der Waals surface area contributed by atoms with Gasteiger partial charge in [0.15, 0.2) is 0 Å². The van der Waals surface area contributed by atoms with E-state index in [-0.39, 0.29) is 0 Å². The summed E-state index contributed by atoms with van der Waals surface area (Å²) in [6.07, 6.45) is 4.57. The molecule has 7 heteroatoms. The summed E-state index contributed by atoms with van der Waals surface area (Å²) in [4.78, 5) is 2.32. The van der Waals surface area contributed by atoms with Crippen molar-refractivity contribution >= 4 is 5.71 Å². The molecule has 1 aliphatic heterocycles. The highest BCUT2D eigenvalue weighted by molar-refractivity contribution is 5.99. The first-order chi connectivity index (χ1) is 7.29. The molecule has 0 amide bonds. The Hall–Kier alpha value is -0.660. The second-order valence-corrected chi connectivity index (χ2v) is 4.62. The van der Waals surface area contributed by atoms with Gasteiger partial charge in [-0.3, -0.25) is 0 Å². The van der Waals surface area contributed by atoms with E-state index in [4.69, 9.17) is 24.0 Å². The standard InChI is InChI=1S/C9H14N2.ClHO4/c1-11-6-5-8(10)7-3-2-4-9(7)11;2-1(3,4)5/h10H,2-6H2,1H3;(H,2,3,4,5). The normalized spacial score (nSPS) is 20.6. The highest BCUT2D eigenvalue weighted by Crippen LogP contribution is 2.32. The average Bonchev–Trinajstić information content (AvgIpc) is 2.58. The second-order valence-electron chi connectivity index (χ2n) is 3.82. The van der Waals surface area contributed by atoms with E-state index >= 15 is 0 Å². The summed E-state index contributed by atoms with van der Waals surface area (Å²) in [7, 11) is -2.55. The summed E-state index contributed by atoms with van der Waals surface area (Å²) >= 11 is 0. The quantitative estimate of drug-likeness (QED) is 0.500. The highest BCUT2D eigenvalue weighted by atomic mass is 35.7. The van der Waals surface area contributed by atoms with E-state index in [1.54, 1.807) is 0 Å². The van der Waals surface area contributed by atoms with E-state index < -0.39 is 10.2 Å². The predicted octanol–water partition coefficient (Wildman–Crippen LogP) is -2.34. The average molecular weight is 251 g/mol. The minimum atomic E-state index is -4.69. The van der Waals surface area contributed by atoms with Gasteiger partial charge >= 0.3 is 0 Å². The number of nitrogens with one attached hydrogen (secondary N) is 1. The lowest BCUT2D eigenvalue weighted by atomic mass is 10.0. The van der Waals surface area contributed by atoms with Gasteiger partial charge in [-0.25, -0.2) is 0 Å². The van der Waals surface area contributed by atoms with Gasteiger partial charge in [-0.1, -0.05) is 0 Å². The molecule has 2 N–H and O–H groups in total. The number of nitrogens with zero attached hydrogens (tertiary/aromatic N) is 1. The van der Waals surface area contributed by atoms with Crippen LogP contribution in [-0.2, 0) is 0 Å². The first-order valence-electron chi connectivity index (χ1n) is 4.93. The Labute approximate surface area is 96.0 Å². The zero-order valence-electron chi connectivity index (χ0n) is 9.03. The molecule has 0 spiro atoms. The number of allylic oxidation sites excluding steroid dienone is 2. The summed E-state index contributed by atoms with van der Waals surface area (Å²) in [5.41, 5.74) is 3.69. The lowest BCUT2D eigenvalue weighted by Crippen LogP contribution is -2.58. The van der Waals surface area contributed by atoms with Crippen molar-refractivity contribution in [1.29, 1.82) is 5.41 Å². The minimum Gasteiger partial charge on any atom is -0.377 e. The Balaban J connectivity index is 0.000000221. The van der Waals surface area contributed by atoms with Gasteiger partial charge in [-0.2, -0.15) is 14.0 Å². The highest BCUT2D eigenvalue weighted by Gasteiger charge is 2.24. The van der Waals surface area contributed by atoms with Crippen LogP contribution in [0.3, 0.4) is 0 Å². The van der Waals surface area contributed by atoms with Gasteiger partial charge in [-0.15, -0.1) is 0 Å². The summed E-state index contributed by atoms with van der Waals surface area (Å²) in [6.45, 7) is 1.05. The molecule has 16 heavy (non-hydrogen) atoms. The van der Waals surface area contributed by atoms with Gasteiger partial charge in [0.05, 0.1) is 14.9 Å². The summed E-state index contributed by atoms with van der Waals surface area (Å²) < 4.78 is 32.7. The summed E-state index contributed by atoms with van der Waals surface area (Å²) in [6, 6.07) is 0. The van der Waals surface area contributed by atoms with E-state index in [0.29, 0.717) is 0 Å². The van der Waals surface area contributed by atoms with E-state index in [0.717, 1.165) is 25.1 Å². The predicted molar refractivity (Wildman–Crippen MR) is 48.1 cm³/mol. The lowest BCUT2D eigenvalue weighted by molar-refractivity contribution is -1.92. The first-order valence-corrected chi connectivity index (χ1v) is 6.19. The third-order valence-corrected chi connectivity index (χ3v) is 2.71. The molecule has 0 saturated heterocycles. The summed E-state index contributed by atoms with van der Waals surface area (Å²) in [5.74, 6) is 0. The van der Waals surface area contributed by atoms with Crippen LogP contribution in [0.1, 0.15) is 25.7 Å². The molecule has 6 nitrogen and oxygen atoms in total. The van der Waals surface area contributed by atoms with Gasteiger partial charge in [0.1, 0.15) is 0 Å². The Kier molecular flexibility index (Phi) is 4.28. The van der Waals surface area contributed by atoms with Gasteiger partial charge < -0.3 is 10.3 Å². The molecular formula is C9H15ClN2O4. The second kappa shape index (κ2) is 5.11. The maximum Gasteiger partial charge on any atom is 0.0777 e. The summed E-state index contributed by atoms with van der Waals surface area (Å²) in [5, 5.41) is 7.72. The fourth-order valence-corrected chi connectivity index (χ4v) is 2.04. The molecule has 2 rings (SSSR count). The minimum absolute atomic E-state index is 0.899. The Morgan fingerprint density at radius 2 is 1.81 bits per heavy atom. The molecule has 0 saturated carbocycles. The molecule has 0 atom stereocenters. The zero-order valence-corrected chi connectivity index (χ0v) is 9.79. The molecule has 0 fully saturated rings. The maximum absolute atomic E-state index is 8.60. The topological polar surface area (TPSA) is 117 Å². The van der Waals surface area contributed by atoms with E-state index in [1.165, 1.54) is 24.1 Å². The number of hydrogen-bond donors (Lipinski definition) is 2. The Morgan fingerprint density at radius 1 is 1.25 bits per heavy atom. The van der Waals surface area contributed by atoms with Crippen LogP contribution < -0.4 is 14.0 Å². The molecule has 1 aliphatic carbocycles. The molecule has 0 aromatic carbocycles. The van der Waals surface area contributed by atoms with E-state index in [2.05, 4.69) is 11.9 Å². The van der Waals surface area contributed by atoms with Crippen LogP contribution in [0.5, 0.6) is 0 Å². The van der Waals surface area contributed by atoms with Crippen LogP contribution in [0.2, 0.25) is 0 Å². The van der Waals surface area contributed by atoms with Crippen molar-refractivity contribution < 1.29 is 28.9 Å². The molecule has 1 heterocycles. The van der Waals surface area contributed by atoms with Gasteiger partial charge in [0.2, 0.25) is 0 Å².